The second-order valence-electron chi connectivity index (χ2n) is 5.36. The summed E-state index contributed by atoms with van der Waals surface area (Å²) in [5.41, 5.74) is 0.947. The number of furan rings is 1. The van der Waals surface area contributed by atoms with Crippen LogP contribution in [-0.2, 0) is 6.54 Å². The van der Waals surface area contributed by atoms with Gasteiger partial charge in [0.2, 0.25) is 17.7 Å². The molecule has 0 aliphatic heterocycles. The third-order valence-corrected chi connectivity index (χ3v) is 4.03. The minimum Gasteiger partial charge on any atom is -0.481 e. The predicted molar refractivity (Wildman–Crippen MR) is 107 cm³/mol. The first-order chi connectivity index (χ1) is 13.1. The van der Waals surface area contributed by atoms with Gasteiger partial charge in [0.1, 0.15) is 11.5 Å². The summed E-state index contributed by atoms with van der Waals surface area (Å²) in [6, 6.07) is 12.8. The van der Waals surface area contributed by atoms with Crippen LogP contribution in [0, 0.1) is 0 Å². The molecule has 7 nitrogen and oxygen atoms in total. The quantitative estimate of drug-likeness (QED) is 0.599. The monoisotopic (exact) mass is 404 g/mol. The fraction of sp³-hybridized carbons (Fsp3) is 0.167. The van der Waals surface area contributed by atoms with Gasteiger partial charge in [-0.2, -0.15) is 9.97 Å². The maximum atomic E-state index is 5.91. The van der Waals surface area contributed by atoms with Gasteiger partial charge < -0.3 is 24.5 Å². The number of aromatic nitrogens is 2. The molecule has 2 aromatic heterocycles. The van der Waals surface area contributed by atoms with Crippen LogP contribution in [0.1, 0.15) is 5.76 Å². The van der Waals surface area contributed by atoms with E-state index in [1.165, 1.54) is 14.2 Å². The smallest absolute Gasteiger partial charge is 0.235 e. The summed E-state index contributed by atoms with van der Waals surface area (Å²) in [5, 5.41) is 6.95. The Bertz CT molecular complexity index is 908. The number of anilines is 1. The summed E-state index contributed by atoms with van der Waals surface area (Å²) in [5.74, 6) is 2.48. The van der Waals surface area contributed by atoms with Crippen LogP contribution in [0.2, 0.25) is 5.02 Å². The molecule has 3 aromatic rings. The molecule has 0 bridgehead atoms. The van der Waals surface area contributed by atoms with Crippen LogP contribution in [0.3, 0.4) is 0 Å². The van der Waals surface area contributed by atoms with Crippen molar-refractivity contribution in [3.8, 4) is 23.1 Å². The Labute approximate surface area is 166 Å². The van der Waals surface area contributed by atoms with Crippen molar-refractivity contribution < 1.29 is 13.9 Å². The number of hydrogen-bond acceptors (Lipinski definition) is 6. The zero-order chi connectivity index (χ0) is 19.2. The number of nitrogens with zero attached hydrogens (tertiary/aromatic N) is 2. The van der Waals surface area contributed by atoms with Crippen LogP contribution in [0.4, 0.5) is 5.95 Å². The third-order valence-electron chi connectivity index (χ3n) is 3.54. The first-order valence-corrected chi connectivity index (χ1v) is 8.72. The molecule has 2 heterocycles. The van der Waals surface area contributed by atoms with Gasteiger partial charge in [0.15, 0.2) is 5.11 Å². The number of hydrogen-bond donors (Lipinski definition) is 2. The van der Waals surface area contributed by atoms with Gasteiger partial charge in [-0.15, -0.1) is 0 Å². The molecular weight excluding hydrogens is 388 g/mol. The highest BCUT2D eigenvalue weighted by molar-refractivity contribution is 7.80. The fourth-order valence-corrected chi connectivity index (χ4v) is 2.51. The average molecular weight is 405 g/mol. The molecule has 0 aliphatic rings. The fourth-order valence-electron chi connectivity index (χ4n) is 2.22. The molecule has 27 heavy (non-hydrogen) atoms. The highest BCUT2D eigenvalue weighted by Gasteiger charge is 2.09. The molecule has 0 saturated heterocycles. The number of ether oxygens (including phenoxy) is 2. The molecule has 0 atom stereocenters. The SMILES string of the molecule is COc1cc(OC)nc(NC(=S)NCc2ccc(-c3ccc(Cl)cc3)o2)n1. The average Bonchev–Trinajstić information content (AvgIpc) is 3.15. The van der Waals surface area contributed by atoms with E-state index in [0.717, 1.165) is 17.1 Å². The van der Waals surface area contributed by atoms with Crippen molar-refractivity contribution in [2.75, 3.05) is 19.5 Å². The second kappa shape index (κ2) is 8.70. The lowest BCUT2D eigenvalue weighted by atomic mass is 10.2. The molecule has 0 spiro atoms. The van der Waals surface area contributed by atoms with Crippen molar-refractivity contribution >= 4 is 34.9 Å². The van der Waals surface area contributed by atoms with Gasteiger partial charge in [-0.1, -0.05) is 11.6 Å². The van der Waals surface area contributed by atoms with Gasteiger partial charge in [0.25, 0.3) is 0 Å². The highest BCUT2D eigenvalue weighted by atomic mass is 35.5. The summed E-state index contributed by atoms with van der Waals surface area (Å²) in [6.07, 6.45) is 0. The zero-order valence-electron chi connectivity index (χ0n) is 14.7. The molecule has 0 aliphatic carbocycles. The van der Waals surface area contributed by atoms with E-state index >= 15 is 0 Å². The van der Waals surface area contributed by atoms with Gasteiger partial charge >= 0.3 is 0 Å². The summed E-state index contributed by atoms with van der Waals surface area (Å²) in [4.78, 5) is 8.32. The summed E-state index contributed by atoms with van der Waals surface area (Å²) < 4.78 is 16.0. The van der Waals surface area contributed by atoms with Crippen LogP contribution >= 0.6 is 23.8 Å². The van der Waals surface area contributed by atoms with Gasteiger partial charge in [-0.25, -0.2) is 0 Å². The van der Waals surface area contributed by atoms with E-state index in [1.807, 2.05) is 36.4 Å². The maximum Gasteiger partial charge on any atom is 0.235 e. The van der Waals surface area contributed by atoms with Crippen LogP contribution in [0.5, 0.6) is 11.8 Å². The summed E-state index contributed by atoms with van der Waals surface area (Å²) in [6.45, 7) is 0.403. The molecule has 0 unspecified atom stereocenters. The molecule has 1 aromatic carbocycles. The van der Waals surface area contributed by atoms with E-state index in [9.17, 15) is 0 Å². The molecule has 0 radical (unpaired) electrons. The van der Waals surface area contributed by atoms with Gasteiger partial charge in [0.05, 0.1) is 26.8 Å². The normalized spacial score (nSPS) is 10.3. The Morgan fingerprint density at radius 2 is 1.74 bits per heavy atom. The van der Waals surface area contributed by atoms with Crippen molar-refractivity contribution in [1.29, 1.82) is 0 Å². The number of methoxy groups -OCH3 is 2. The van der Waals surface area contributed by atoms with E-state index in [0.29, 0.717) is 28.4 Å². The second-order valence-corrected chi connectivity index (χ2v) is 6.20. The minimum absolute atomic E-state index is 0.269. The first-order valence-electron chi connectivity index (χ1n) is 7.94. The Hall–Kier alpha value is -2.84. The van der Waals surface area contributed by atoms with Crippen molar-refractivity contribution in [1.82, 2.24) is 15.3 Å². The Kier molecular flexibility index (Phi) is 6.10. The van der Waals surface area contributed by atoms with Gasteiger partial charge in [-0.3, -0.25) is 0 Å². The number of halogens is 1. The zero-order valence-corrected chi connectivity index (χ0v) is 16.2. The van der Waals surface area contributed by atoms with Gasteiger partial charge in [0, 0.05) is 10.6 Å². The summed E-state index contributed by atoms with van der Waals surface area (Å²) in [7, 11) is 3.02. The largest absolute Gasteiger partial charge is 0.481 e. The lowest BCUT2D eigenvalue weighted by Crippen LogP contribution is -2.28. The van der Waals surface area contributed by atoms with Crippen LogP contribution < -0.4 is 20.1 Å². The predicted octanol–water partition coefficient (Wildman–Crippen LogP) is 3.89. The Morgan fingerprint density at radius 3 is 2.37 bits per heavy atom. The van der Waals surface area contributed by atoms with Crippen molar-refractivity contribution in [2.45, 2.75) is 6.54 Å². The molecule has 0 saturated carbocycles. The van der Waals surface area contributed by atoms with Crippen LogP contribution in [0.25, 0.3) is 11.3 Å². The molecule has 140 valence electrons. The number of rotatable bonds is 6. The van der Waals surface area contributed by atoms with Crippen molar-refractivity contribution in [2.24, 2.45) is 0 Å². The first kappa shape index (κ1) is 18.9. The standard InChI is InChI=1S/C18H17ClN4O3S/c1-24-15-9-16(25-2)22-17(21-15)23-18(27)20-10-13-7-8-14(26-13)11-3-5-12(19)6-4-11/h3-9H,10H2,1-2H3,(H2,20,21,22,23,27). The van der Waals surface area contributed by atoms with E-state index < -0.39 is 0 Å². The molecule has 9 heteroatoms. The molecule has 3 rings (SSSR count). The van der Waals surface area contributed by atoms with Gasteiger partial charge in [-0.05, 0) is 48.6 Å². The Morgan fingerprint density at radius 1 is 1.07 bits per heavy atom. The number of thiocarbonyl (C=S) groups is 1. The van der Waals surface area contributed by atoms with E-state index in [1.54, 1.807) is 6.07 Å². The van der Waals surface area contributed by atoms with Crippen LogP contribution in [-0.4, -0.2) is 29.3 Å². The number of nitrogens with one attached hydrogen (secondary N) is 2. The van der Waals surface area contributed by atoms with Crippen LogP contribution in [0.15, 0.2) is 46.9 Å². The highest BCUT2D eigenvalue weighted by Crippen LogP contribution is 2.23. The minimum atomic E-state index is 0.269. The van der Waals surface area contributed by atoms with E-state index in [2.05, 4.69) is 20.6 Å². The lowest BCUT2D eigenvalue weighted by Gasteiger charge is -2.10. The summed E-state index contributed by atoms with van der Waals surface area (Å²) >= 11 is 11.2. The molecule has 2 N–H and O–H groups in total. The maximum absolute atomic E-state index is 5.91. The third kappa shape index (κ3) is 5.08. The number of benzene rings is 1. The Balaban J connectivity index is 1.59. The molecule has 0 fully saturated rings. The van der Waals surface area contributed by atoms with E-state index in [4.69, 9.17) is 37.7 Å². The van der Waals surface area contributed by atoms with E-state index in [-0.39, 0.29) is 5.95 Å². The lowest BCUT2D eigenvalue weighted by molar-refractivity contribution is 0.373. The van der Waals surface area contributed by atoms with Crippen molar-refractivity contribution in [3.05, 3.63) is 53.2 Å². The van der Waals surface area contributed by atoms with Crippen molar-refractivity contribution in [3.63, 3.8) is 0 Å². The topological polar surface area (TPSA) is 81.4 Å². The molecular formula is C18H17ClN4O3S. The molecule has 0 amide bonds.